The summed E-state index contributed by atoms with van der Waals surface area (Å²) in [6.45, 7) is 16.0. The van der Waals surface area contributed by atoms with E-state index in [9.17, 15) is 0 Å². The predicted molar refractivity (Wildman–Crippen MR) is 132 cm³/mol. The highest BCUT2D eigenvalue weighted by Crippen LogP contribution is 2.33. The van der Waals surface area contributed by atoms with Gasteiger partial charge >= 0.3 is 18.6 Å². The number of rotatable bonds is 21. The molecule has 0 bridgehead atoms. The summed E-state index contributed by atoms with van der Waals surface area (Å²) in [5, 5.41) is 0. The molecule has 0 fully saturated rings. The lowest BCUT2D eigenvalue weighted by atomic mass is 10.2. The van der Waals surface area contributed by atoms with Crippen LogP contribution in [0.3, 0.4) is 0 Å². The summed E-state index contributed by atoms with van der Waals surface area (Å²) in [5.41, 5.74) is 1.28. The summed E-state index contributed by atoms with van der Waals surface area (Å²) in [4.78, 5) is 0. The molecular weight excluding hydrogens is 425 g/mol. The molecule has 0 aliphatic rings. The van der Waals surface area contributed by atoms with Gasteiger partial charge in [-0.25, -0.2) is 0 Å². The van der Waals surface area contributed by atoms with E-state index in [2.05, 4.69) is 41.5 Å². The molecule has 28 heavy (non-hydrogen) atoms. The third-order valence-corrected chi connectivity index (χ3v) is 12.6. The Morgan fingerprint density at radius 1 is 0.536 bits per heavy atom. The normalized spacial score (nSPS) is 14.1. The molecule has 0 aliphatic carbocycles. The molecule has 0 heterocycles. The fourth-order valence-electron chi connectivity index (χ4n) is 3.39. The van der Waals surface area contributed by atoms with Crippen molar-refractivity contribution < 1.29 is 17.7 Å². The van der Waals surface area contributed by atoms with E-state index in [0.717, 1.165) is 26.4 Å². The molecule has 0 radical (unpaired) electrons. The number of hydrogen-bond donors (Lipinski definition) is 0. The maximum absolute atomic E-state index is 5.98. The van der Waals surface area contributed by atoms with Gasteiger partial charge in [-0.05, 0) is 53.4 Å². The zero-order valence-corrected chi connectivity index (χ0v) is 23.2. The van der Waals surface area contributed by atoms with Crippen LogP contribution in [0, 0.1) is 0 Å². The molecule has 4 nitrogen and oxygen atoms in total. The van der Waals surface area contributed by atoms with Crippen LogP contribution in [-0.2, 0) is 17.7 Å². The quantitative estimate of drug-likeness (QED) is 0.115. The van der Waals surface area contributed by atoms with E-state index in [-0.39, 0.29) is 0 Å². The summed E-state index contributed by atoms with van der Waals surface area (Å²) in [7, 11) is 0.981. The second kappa shape index (κ2) is 21.2. The topological polar surface area (TPSA) is 36.9 Å². The van der Waals surface area contributed by atoms with Gasteiger partial charge in [-0.3, -0.25) is 0 Å². The Kier molecular flexibility index (Phi) is 22.0. The molecule has 0 aromatic rings. The Bertz CT molecular complexity index is 289. The largest absolute Gasteiger partial charge is 0.397 e. The van der Waals surface area contributed by atoms with Gasteiger partial charge in [-0.1, -0.05) is 48.3 Å². The van der Waals surface area contributed by atoms with Gasteiger partial charge in [0.15, 0.2) is 0 Å². The molecule has 8 heteroatoms. The smallest absolute Gasteiger partial charge is 0.324 e. The molecule has 0 aliphatic heterocycles. The van der Waals surface area contributed by atoms with Crippen LogP contribution in [0.4, 0.5) is 0 Å². The van der Waals surface area contributed by atoms with Gasteiger partial charge in [-0.2, -0.15) is 0 Å². The SMILES string of the molecule is CCCC(CCSSCCC(CCC)[SiH](OCC)OCC)[SiH](OCC)OCC. The first kappa shape index (κ1) is 29.0. The molecule has 0 rings (SSSR count). The number of hydrogen-bond acceptors (Lipinski definition) is 6. The zero-order valence-electron chi connectivity index (χ0n) is 19.2. The Labute approximate surface area is 186 Å². The van der Waals surface area contributed by atoms with Crippen LogP contribution in [-0.4, -0.2) is 56.5 Å². The molecule has 0 aromatic carbocycles. The van der Waals surface area contributed by atoms with E-state index >= 15 is 0 Å². The van der Waals surface area contributed by atoms with E-state index in [0.29, 0.717) is 11.1 Å². The lowest BCUT2D eigenvalue weighted by Crippen LogP contribution is -2.30. The minimum atomic E-state index is -1.53. The van der Waals surface area contributed by atoms with Gasteiger partial charge in [0.05, 0.1) is 0 Å². The Morgan fingerprint density at radius 2 is 0.857 bits per heavy atom. The van der Waals surface area contributed by atoms with E-state index in [4.69, 9.17) is 17.7 Å². The van der Waals surface area contributed by atoms with E-state index in [1.54, 1.807) is 0 Å². The molecule has 2 atom stereocenters. The molecule has 170 valence electrons. The standard InChI is InChI=1S/C20H46O4S2Si2/c1-7-13-19(27(21-9-3)22-10-4)15-17-25-26-18-16-20(14-8-2)28(23-11-5)24-12-6/h19-20,27-28H,7-18H2,1-6H3. The lowest BCUT2D eigenvalue weighted by molar-refractivity contribution is 0.200. The van der Waals surface area contributed by atoms with Crippen molar-refractivity contribution in [3.63, 3.8) is 0 Å². The molecule has 0 saturated carbocycles. The van der Waals surface area contributed by atoms with Gasteiger partial charge < -0.3 is 17.7 Å². The fraction of sp³-hybridized carbons (Fsp3) is 1.00. The molecule has 0 spiro atoms. The highest BCUT2D eigenvalue weighted by atomic mass is 33.1. The minimum absolute atomic E-state index is 0.638. The van der Waals surface area contributed by atoms with Crippen molar-refractivity contribution in [3.8, 4) is 0 Å². The van der Waals surface area contributed by atoms with Crippen molar-refractivity contribution in [2.75, 3.05) is 37.9 Å². The third-order valence-electron chi connectivity index (χ3n) is 4.64. The lowest BCUT2D eigenvalue weighted by Gasteiger charge is -2.25. The van der Waals surface area contributed by atoms with Crippen LogP contribution in [0.5, 0.6) is 0 Å². The summed E-state index contributed by atoms with van der Waals surface area (Å²) in [5.74, 6) is 2.38. The maximum atomic E-state index is 5.98. The highest BCUT2D eigenvalue weighted by molar-refractivity contribution is 8.76. The molecule has 2 unspecified atom stereocenters. The third kappa shape index (κ3) is 14.1. The van der Waals surface area contributed by atoms with Gasteiger partial charge in [-0.15, -0.1) is 0 Å². The van der Waals surface area contributed by atoms with E-state index < -0.39 is 18.6 Å². The second-order valence-electron chi connectivity index (χ2n) is 6.88. The molecule has 0 saturated heterocycles. The van der Waals surface area contributed by atoms with Crippen molar-refractivity contribution in [3.05, 3.63) is 0 Å². The van der Waals surface area contributed by atoms with Crippen LogP contribution in [0.1, 0.15) is 80.1 Å². The first-order valence-corrected chi connectivity index (χ1v) is 17.1. The van der Waals surface area contributed by atoms with Crippen LogP contribution in [0.2, 0.25) is 11.1 Å². The van der Waals surface area contributed by atoms with Crippen molar-refractivity contribution in [2.45, 2.75) is 91.1 Å². The monoisotopic (exact) mass is 470 g/mol. The zero-order chi connectivity index (χ0) is 21.0. The fourth-order valence-corrected chi connectivity index (χ4v) is 10.9. The maximum Gasteiger partial charge on any atom is 0.324 e. The molecule has 0 aromatic heterocycles. The minimum Gasteiger partial charge on any atom is -0.397 e. The van der Waals surface area contributed by atoms with E-state index in [1.165, 1.54) is 50.0 Å². The summed E-state index contributed by atoms with van der Waals surface area (Å²) >= 11 is 0. The van der Waals surface area contributed by atoms with Crippen LogP contribution < -0.4 is 0 Å². The second-order valence-corrected chi connectivity index (χ2v) is 14.3. The Morgan fingerprint density at radius 3 is 1.11 bits per heavy atom. The predicted octanol–water partition coefficient (Wildman–Crippen LogP) is 6.08. The van der Waals surface area contributed by atoms with Gasteiger partial charge in [0.2, 0.25) is 0 Å². The average Bonchev–Trinajstić information content (AvgIpc) is 2.68. The average molecular weight is 471 g/mol. The molecular formula is C20H46O4S2Si2. The summed E-state index contributed by atoms with van der Waals surface area (Å²) < 4.78 is 23.9. The van der Waals surface area contributed by atoms with Crippen molar-refractivity contribution in [1.82, 2.24) is 0 Å². The highest BCUT2D eigenvalue weighted by Gasteiger charge is 2.26. The Balaban J connectivity index is 4.27. The summed E-state index contributed by atoms with van der Waals surface area (Å²) in [6.07, 6.45) is 7.33. The molecule has 0 N–H and O–H groups in total. The van der Waals surface area contributed by atoms with E-state index in [1.807, 2.05) is 21.6 Å². The van der Waals surface area contributed by atoms with Crippen LogP contribution in [0.15, 0.2) is 0 Å². The first-order valence-electron chi connectivity index (χ1n) is 11.4. The van der Waals surface area contributed by atoms with Crippen molar-refractivity contribution >= 4 is 40.2 Å². The van der Waals surface area contributed by atoms with Gasteiger partial charge in [0, 0.05) is 49.0 Å². The Hall–Kier alpha value is 0.974. The van der Waals surface area contributed by atoms with Gasteiger partial charge in [0.1, 0.15) is 0 Å². The van der Waals surface area contributed by atoms with Crippen LogP contribution >= 0.6 is 21.6 Å². The molecule has 0 amide bonds. The van der Waals surface area contributed by atoms with Crippen LogP contribution in [0.25, 0.3) is 0 Å². The first-order chi connectivity index (χ1) is 13.7. The van der Waals surface area contributed by atoms with Crippen molar-refractivity contribution in [2.24, 2.45) is 0 Å². The van der Waals surface area contributed by atoms with Crippen molar-refractivity contribution in [1.29, 1.82) is 0 Å². The van der Waals surface area contributed by atoms with Gasteiger partial charge in [0.25, 0.3) is 0 Å². The summed E-state index contributed by atoms with van der Waals surface area (Å²) in [6, 6.07) is 0.